The number of aromatic nitrogens is 2. The van der Waals surface area contributed by atoms with Crippen molar-refractivity contribution in [2.45, 2.75) is 6.61 Å². The number of aliphatic hydroxyl groups is 1. The monoisotopic (exact) mass is 926 g/mol. The summed E-state index contributed by atoms with van der Waals surface area (Å²) < 4.78 is 10.4. The second-order valence-corrected chi connectivity index (χ2v) is 18.6. The Kier molecular flexibility index (Phi) is 9.63. The van der Waals surface area contributed by atoms with E-state index in [4.69, 9.17) is 4.74 Å². The van der Waals surface area contributed by atoms with Crippen LogP contribution >= 0.6 is 0 Å². The molecule has 1 N–H and O–H groups in total. The lowest BCUT2D eigenvalue weighted by atomic mass is 9.99. The first kappa shape index (κ1) is 41.6. The van der Waals surface area contributed by atoms with E-state index in [0.29, 0.717) is 0 Å². The Morgan fingerprint density at radius 3 is 1.18 bits per heavy atom. The molecule has 0 fully saturated rings. The van der Waals surface area contributed by atoms with E-state index in [1.54, 1.807) is 7.11 Å². The van der Waals surface area contributed by atoms with E-state index in [0.717, 1.165) is 67.9 Å². The van der Waals surface area contributed by atoms with Gasteiger partial charge in [-0.1, -0.05) is 121 Å². The topological polar surface area (TPSA) is 45.8 Å². The summed E-state index contributed by atoms with van der Waals surface area (Å²) >= 11 is 0. The first-order valence-corrected chi connectivity index (χ1v) is 24.5. The lowest BCUT2D eigenvalue weighted by Crippen LogP contribution is -2.11. The summed E-state index contributed by atoms with van der Waals surface area (Å²) in [6.07, 6.45) is 0. The van der Waals surface area contributed by atoms with Crippen molar-refractivity contribution >= 4 is 99.3 Å². The zero-order valence-electron chi connectivity index (χ0n) is 39.4. The minimum Gasteiger partial charge on any atom is -0.497 e. The first-order valence-electron chi connectivity index (χ1n) is 24.5. The van der Waals surface area contributed by atoms with Gasteiger partial charge in [-0.3, -0.25) is 0 Å². The van der Waals surface area contributed by atoms with Gasteiger partial charge in [-0.25, -0.2) is 0 Å². The molecule has 0 aliphatic rings. The number of anilines is 6. The second kappa shape index (κ2) is 16.7. The zero-order chi connectivity index (χ0) is 47.9. The fraction of sp³-hybridized carbons (Fsp3) is 0.0303. The molecule has 2 heterocycles. The molecule has 6 heteroatoms. The quantitative estimate of drug-likeness (QED) is 0.131. The van der Waals surface area contributed by atoms with Crippen LogP contribution in [0.2, 0.25) is 0 Å². The SMILES string of the molecule is COc1ccc(N(c2ccc(-c3ccc(N(c4ccc(CO)cc4)c4ccc5c6c4ccc4cccc(c46)n5-c4ccccc4)cc3)cc2)c2ccc3c4c2ccc2cccc(c24)n3-c2ccccc2)cc1. The van der Waals surface area contributed by atoms with Crippen LogP contribution in [0.1, 0.15) is 5.56 Å². The average Bonchev–Trinajstić information content (AvgIpc) is 3.98. The molecule has 0 unspecified atom stereocenters. The van der Waals surface area contributed by atoms with E-state index in [1.807, 2.05) is 24.3 Å². The van der Waals surface area contributed by atoms with E-state index in [9.17, 15) is 5.11 Å². The lowest BCUT2D eigenvalue weighted by Gasteiger charge is -2.28. The molecule has 0 spiro atoms. The van der Waals surface area contributed by atoms with Crippen LogP contribution in [0.25, 0.3) is 87.7 Å². The molecule has 6 nitrogen and oxygen atoms in total. The molecule has 0 atom stereocenters. The molecule has 0 bridgehead atoms. The van der Waals surface area contributed by atoms with Gasteiger partial charge < -0.3 is 28.8 Å². The highest BCUT2D eigenvalue weighted by Crippen LogP contribution is 2.48. The van der Waals surface area contributed by atoms with Gasteiger partial charge in [-0.15, -0.1) is 0 Å². The van der Waals surface area contributed by atoms with E-state index in [1.165, 1.54) is 65.2 Å². The molecule has 2 aromatic heterocycles. The Labute approximate surface area is 416 Å². The van der Waals surface area contributed by atoms with Gasteiger partial charge in [-0.05, 0) is 149 Å². The minimum absolute atomic E-state index is 0.0122. The molecule has 12 aromatic carbocycles. The summed E-state index contributed by atoms with van der Waals surface area (Å²) in [4.78, 5) is 4.71. The Morgan fingerprint density at radius 1 is 0.361 bits per heavy atom. The van der Waals surface area contributed by atoms with Crippen molar-refractivity contribution in [1.82, 2.24) is 9.13 Å². The summed E-state index contributed by atoms with van der Waals surface area (Å²) in [7, 11) is 1.71. The van der Waals surface area contributed by atoms with Crippen molar-refractivity contribution in [1.29, 1.82) is 0 Å². The van der Waals surface area contributed by atoms with Gasteiger partial charge in [0, 0.05) is 66.4 Å². The first-order chi connectivity index (χ1) is 35.6. The van der Waals surface area contributed by atoms with Gasteiger partial charge in [0.25, 0.3) is 0 Å². The average molecular weight is 927 g/mol. The maximum atomic E-state index is 10.0. The maximum absolute atomic E-state index is 10.0. The number of hydrogen-bond donors (Lipinski definition) is 1. The van der Waals surface area contributed by atoms with Crippen LogP contribution < -0.4 is 14.5 Å². The van der Waals surface area contributed by atoms with Gasteiger partial charge >= 0.3 is 0 Å². The van der Waals surface area contributed by atoms with Gasteiger partial charge in [0.2, 0.25) is 0 Å². The number of para-hydroxylation sites is 2. The normalized spacial score (nSPS) is 11.8. The van der Waals surface area contributed by atoms with Crippen molar-refractivity contribution in [2.75, 3.05) is 16.9 Å². The Morgan fingerprint density at radius 2 is 0.764 bits per heavy atom. The van der Waals surface area contributed by atoms with Gasteiger partial charge in [0.05, 0.1) is 47.2 Å². The molecule has 14 aromatic rings. The Hall–Kier alpha value is -9.36. The Bertz CT molecular complexity index is 3980. The van der Waals surface area contributed by atoms with Gasteiger partial charge in [-0.2, -0.15) is 0 Å². The van der Waals surface area contributed by atoms with Crippen LogP contribution in [0.15, 0.2) is 243 Å². The molecule has 72 heavy (non-hydrogen) atoms. The lowest BCUT2D eigenvalue weighted by molar-refractivity contribution is 0.282. The van der Waals surface area contributed by atoms with E-state index in [2.05, 4.69) is 237 Å². The highest BCUT2D eigenvalue weighted by molar-refractivity contribution is 6.28. The highest BCUT2D eigenvalue weighted by Gasteiger charge is 2.24. The van der Waals surface area contributed by atoms with E-state index < -0.39 is 0 Å². The maximum Gasteiger partial charge on any atom is 0.119 e. The molecule has 14 rings (SSSR count). The van der Waals surface area contributed by atoms with Crippen molar-refractivity contribution < 1.29 is 9.84 Å². The molecule has 342 valence electrons. The largest absolute Gasteiger partial charge is 0.497 e. The summed E-state index contributed by atoms with van der Waals surface area (Å²) in [6, 6.07) is 87.1. The van der Waals surface area contributed by atoms with Crippen LogP contribution in [0.3, 0.4) is 0 Å². The predicted molar refractivity (Wildman–Crippen MR) is 300 cm³/mol. The van der Waals surface area contributed by atoms with Gasteiger partial charge in [0.15, 0.2) is 0 Å². The molecule has 0 aliphatic heterocycles. The van der Waals surface area contributed by atoms with Crippen LogP contribution in [0, 0.1) is 0 Å². The number of nitrogens with zero attached hydrogens (tertiary/aromatic N) is 4. The fourth-order valence-corrected chi connectivity index (χ4v) is 11.4. The number of methoxy groups -OCH3 is 1. The Balaban J connectivity index is 0.867. The number of hydrogen-bond acceptors (Lipinski definition) is 4. The summed E-state index contributed by atoms with van der Waals surface area (Å²) in [6.45, 7) is -0.0122. The number of aliphatic hydroxyl groups excluding tert-OH is 1. The molecule has 0 saturated carbocycles. The molecular formula is C66H46N4O2. The van der Waals surface area contributed by atoms with Crippen LogP contribution in [-0.4, -0.2) is 21.4 Å². The van der Waals surface area contributed by atoms with Crippen molar-refractivity contribution in [3.63, 3.8) is 0 Å². The molecule has 0 aliphatic carbocycles. The minimum atomic E-state index is -0.0122. The van der Waals surface area contributed by atoms with E-state index >= 15 is 0 Å². The predicted octanol–water partition coefficient (Wildman–Crippen LogP) is 17.2. The number of rotatable bonds is 11. The van der Waals surface area contributed by atoms with Crippen LogP contribution in [0.5, 0.6) is 5.75 Å². The van der Waals surface area contributed by atoms with Crippen molar-refractivity contribution in [3.8, 4) is 28.3 Å². The van der Waals surface area contributed by atoms with Crippen molar-refractivity contribution in [3.05, 3.63) is 248 Å². The second-order valence-electron chi connectivity index (χ2n) is 18.6. The van der Waals surface area contributed by atoms with Gasteiger partial charge in [0.1, 0.15) is 5.75 Å². The fourth-order valence-electron chi connectivity index (χ4n) is 11.4. The van der Waals surface area contributed by atoms with E-state index in [-0.39, 0.29) is 6.61 Å². The molecular weight excluding hydrogens is 881 g/mol. The standard InChI is InChI=1S/C66H46N4O2/c1-72-54-34-32-53(33-35-54)68(58-39-41-62-66-56(58)37-25-47-11-9-17-60(64(47)66)70(62)49-14-6-3-7-15-49)52-30-22-45(23-31-52)44-20-28-51(29-21-44)67(50-26-18-43(42-71)19-27-50)57-38-40-61-65-55(57)36-24-46-10-8-16-59(63(46)65)69(61)48-12-4-2-5-13-48/h2-41,71H,42H2,1H3. The summed E-state index contributed by atoms with van der Waals surface area (Å²) in [5.74, 6) is 0.812. The zero-order valence-corrected chi connectivity index (χ0v) is 39.4. The third kappa shape index (κ3) is 6.47. The van der Waals surface area contributed by atoms with Crippen LogP contribution in [0.4, 0.5) is 34.1 Å². The van der Waals surface area contributed by atoms with Crippen molar-refractivity contribution in [2.24, 2.45) is 0 Å². The molecule has 0 radical (unpaired) electrons. The molecule has 0 saturated heterocycles. The van der Waals surface area contributed by atoms with Crippen LogP contribution in [-0.2, 0) is 6.61 Å². The third-order valence-electron chi connectivity index (χ3n) is 14.7. The smallest absolute Gasteiger partial charge is 0.119 e. The molecule has 0 amide bonds. The summed E-state index contributed by atoms with van der Waals surface area (Å²) in [5, 5.41) is 19.8. The number of ether oxygens (including phenoxy) is 1. The number of benzene rings is 12. The highest BCUT2D eigenvalue weighted by atomic mass is 16.5. The summed E-state index contributed by atoms with van der Waals surface area (Å²) in [5.41, 5.74) is 16.4. The third-order valence-corrected chi connectivity index (χ3v) is 14.7.